The van der Waals surface area contributed by atoms with Crippen molar-refractivity contribution < 1.29 is 4.74 Å². The minimum atomic E-state index is 0.0107. The van der Waals surface area contributed by atoms with Crippen molar-refractivity contribution in [2.45, 2.75) is 38.8 Å². The van der Waals surface area contributed by atoms with Crippen molar-refractivity contribution in [3.8, 4) is 5.75 Å². The summed E-state index contributed by atoms with van der Waals surface area (Å²) >= 11 is 1.70. The Hall–Kier alpha value is -2.44. The zero-order valence-electron chi connectivity index (χ0n) is 16.2. The molecule has 3 aromatic rings. The summed E-state index contributed by atoms with van der Waals surface area (Å²) in [5, 5.41) is 0.821. The van der Waals surface area contributed by atoms with Crippen LogP contribution in [0.3, 0.4) is 0 Å². The van der Waals surface area contributed by atoms with Crippen LogP contribution in [0.1, 0.15) is 34.7 Å². The maximum atomic E-state index is 12.7. The predicted molar refractivity (Wildman–Crippen MR) is 114 cm³/mol. The van der Waals surface area contributed by atoms with Gasteiger partial charge in [0.25, 0.3) is 5.56 Å². The van der Waals surface area contributed by atoms with Gasteiger partial charge in [-0.3, -0.25) is 9.69 Å². The van der Waals surface area contributed by atoms with E-state index in [-0.39, 0.29) is 5.56 Å². The van der Waals surface area contributed by atoms with E-state index >= 15 is 0 Å². The molecule has 0 atom stereocenters. The third-order valence-electron chi connectivity index (χ3n) is 5.04. The Balaban J connectivity index is 1.47. The van der Waals surface area contributed by atoms with Gasteiger partial charge in [-0.15, -0.1) is 11.3 Å². The third-order valence-corrected chi connectivity index (χ3v) is 6.22. The maximum absolute atomic E-state index is 12.7. The molecule has 2 aromatic heterocycles. The normalized spacial score (nSPS) is 13.6. The number of aryl methyl sites for hydroxylation is 2. The Bertz CT molecular complexity index is 1040. The number of nitrogens with zero attached hydrogens (tertiary/aromatic N) is 2. The van der Waals surface area contributed by atoms with Crippen molar-refractivity contribution in [3.63, 3.8) is 0 Å². The molecule has 0 saturated carbocycles. The molecule has 0 amide bonds. The molecule has 2 heterocycles. The van der Waals surface area contributed by atoms with E-state index in [1.54, 1.807) is 17.4 Å². The molecular formula is C22H25N3O2S. The summed E-state index contributed by atoms with van der Waals surface area (Å²) in [5.41, 5.74) is 2.43. The van der Waals surface area contributed by atoms with Crippen LogP contribution < -0.4 is 10.3 Å². The molecule has 4 rings (SSSR count). The highest BCUT2D eigenvalue weighted by Gasteiger charge is 2.20. The Morgan fingerprint density at radius 2 is 2.04 bits per heavy atom. The lowest BCUT2D eigenvalue weighted by Crippen LogP contribution is -2.21. The fourth-order valence-corrected chi connectivity index (χ4v) is 5.03. The lowest BCUT2D eigenvalue weighted by molar-refractivity contribution is 0.310. The van der Waals surface area contributed by atoms with Gasteiger partial charge < -0.3 is 9.72 Å². The van der Waals surface area contributed by atoms with Crippen LogP contribution in [0.15, 0.2) is 41.7 Å². The molecule has 0 spiro atoms. The van der Waals surface area contributed by atoms with E-state index in [0.29, 0.717) is 13.2 Å². The summed E-state index contributed by atoms with van der Waals surface area (Å²) in [5.74, 6) is 1.56. The van der Waals surface area contributed by atoms with Crippen molar-refractivity contribution in [2.24, 2.45) is 0 Å². The van der Waals surface area contributed by atoms with Gasteiger partial charge in [0.05, 0.1) is 11.9 Å². The number of hydrogen-bond donors (Lipinski definition) is 1. The van der Waals surface area contributed by atoms with Crippen LogP contribution in [0.2, 0.25) is 0 Å². The topological polar surface area (TPSA) is 58.2 Å². The second-order valence-electron chi connectivity index (χ2n) is 7.32. The average Bonchev–Trinajstić information content (AvgIpc) is 3.06. The highest BCUT2D eigenvalue weighted by Crippen LogP contribution is 2.33. The van der Waals surface area contributed by atoms with Gasteiger partial charge in [-0.1, -0.05) is 24.8 Å². The highest BCUT2D eigenvalue weighted by molar-refractivity contribution is 7.18. The Morgan fingerprint density at radius 1 is 1.25 bits per heavy atom. The van der Waals surface area contributed by atoms with E-state index in [2.05, 4.69) is 28.6 Å². The first-order valence-corrected chi connectivity index (χ1v) is 10.5. The Kier molecular flexibility index (Phi) is 5.59. The van der Waals surface area contributed by atoms with Gasteiger partial charge in [0.1, 0.15) is 23.0 Å². The van der Waals surface area contributed by atoms with Crippen LogP contribution in [0.4, 0.5) is 0 Å². The molecule has 0 fully saturated rings. The van der Waals surface area contributed by atoms with Gasteiger partial charge in [-0.05, 0) is 56.0 Å². The zero-order chi connectivity index (χ0) is 19.5. The molecule has 146 valence electrons. The molecule has 1 aromatic carbocycles. The number of benzene rings is 1. The second kappa shape index (κ2) is 8.29. The smallest absolute Gasteiger partial charge is 0.259 e. The molecule has 1 aliphatic rings. The van der Waals surface area contributed by atoms with Crippen molar-refractivity contribution >= 4 is 21.6 Å². The maximum Gasteiger partial charge on any atom is 0.259 e. The van der Waals surface area contributed by atoms with E-state index in [4.69, 9.17) is 9.72 Å². The number of fused-ring (bicyclic) bond motifs is 3. The molecule has 0 unspecified atom stereocenters. The minimum Gasteiger partial charge on any atom is -0.490 e. The van der Waals surface area contributed by atoms with Crippen molar-refractivity contribution in [1.29, 1.82) is 0 Å². The first-order chi connectivity index (χ1) is 13.6. The zero-order valence-corrected chi connectivity index (χ0v) is 17.0. The Morgan fingerprint density at radius 3 is 2.82 bits per heavy atom. The molecule has 28 heavy (non-hydrogen) atoms. The molecular weight excluding hydrogens is 370 g/mol. The van der Waals surface area contributed by atoms with E-state index < -0.39 is 0 Å². The number of aromatic amines is 1. The number of ether oxygens (including phenoxy) is 1. The van der Waals surface area contributed by atoms with Crippen molar-refractivity contribution in [2.75, 3.05) is 13.7 Å². The van der Waals surface area contributed by atoms with Gasteiger partial charge in [-0.2, -0.15) is 0 Å². The van der Waals surface area contributed by atoms with Gasteiger partial charge in [0.15, 0.2) is 0 Å². The standard InChI is InChI=1S/C22H25N3O2S/c1-3-12-27-16-10-8-15(9-11-16)13-25(2)14-19-23-21(26)20-17-6-4-5-7-18(17)28-22(20)24-19/h3,8-11H,1,4-7,12-14H2,2H3,(H,23,24,26). The lowest BCUT2D eigenvalue weighted by Gasteiger charge is -2.16. The minimum absolute atomic E-state index is 0.0107. The Labute approximate surface area is 168 Å². The molecule has 0 aliphatic heterocycles. The quantitative estimate of drug-likeness (QED) is 0.613. The second-order valence-corrected chi connectivity index (χ2v) is 8.40. The summed E-state index contributed by atoms with van der Waals surface area (Å²) < 4.78 is 5.52. The molecule has 5 nitrogen and oxygen atoms in total. The number of H-pyrrole nitrogens is 1. The predicted octanol–water partition coefficient (Wildman–Crippen LogP) is 4.06. The summed E-state index contributed by atoms with van der Waals surface area (Å²) in [4.78, 5) is 24.8. The van der Waals surface area contributed by atoms with Crippen LogP contribution in [0, 0.1) is 0 Å². The van der Waals surface area contributed by atoms with E-state index in [0.717, 1.165) is 41.2 Å². The van der Waals surface area contributed by atoms with Crippen LogP contribution >= 0.6 is 11.3 Å². The molecule has 1 N–H and O–H groups in total. The largest absolute Gasteiger partial charge is 0.490 e. The molecule has 6 heteroatoms. The van der Waals surface area contributed by atoms with Crippen LogP contribution in [-0.4, -0.2) is 28.5 Å². The number of hydrogen-bond acceptors (Lipinski definition) is 5. The van der Waals surface area contributed by atoms with Crippen molar-refractivity contribution in [1.82, 2.24) is 14.9 Å². The van der Waals surface area contributed by atoms with E-state index in [1.807, 2.05) is 19.2 Å². The molecule has 0 radical (unpaired) electrons. The van der Waals surface area contributed by atoms with E-state index in [1.165, 1.54) is 28.8 Å². The van der Waals surface area contributed by atoms with Crippen LogP contribution in [-0.2, 0) is 25.9 Å². The average molecular weight is 396 g/mol. The fourth-order valence-electron chi connectivity index (χ4n) is 3.75. The van der Waals surface area contributed by atoms with Gasteiger partial charge >= 0.3 is 0 Å². The monoisotopic (exact) mass is 395 g/mol. The van der Waals surface area contributed by atoms with Gasteiger partial charge in [0.2, 0.25) is 0 Å². The summed E-state index contributed by atoms with van der Waals surface area (Å²) in [6, 6.07) is 8.05. The lowest BCUT2D eigenvalue weighted by atomic mass is 9.97. The first kappa shape index (κ1) is 18.9. The van der Waals surface area contributed by atoms with Crippen LogP contribution in [0.25, 0.3) is 10.2 Å². The third kappa shape index (κ3) is 4.03. The van der Waals surface area contributed by atoms with Crippen LogP contribution in [0.5, 0.6) is 5.75 Å². The molecule has 1 aliphatic carbocycles. The number of rotatable bonds is 7. The van der Waals surface area contributed by atoms with Crippen molar-refractivity contribution in [3.05, 3.63) is 69.1 Å². The fraction of sp³-hybridized carbons (Fsp3) is 0.364. The summed E-state index contributed by atoms with van der Waals surface area (Å²) in [7, 11) is 2.03. The molecule has 0 bridgehead atoms. The molecule has 0 saturated heterocycles. The van der Waals surface area contributed by atoms with E-state index in [9.17, 15) is 4.79 Å². The first-order valence-electron chi connectivity index (χ1n) is 9.68. The number of nitrogens with one attached hydrogen (secondary N) is 1. The summed E-state index contributed by atoms with van der Waals surface area (Å²) in [6.07, 6.45) is 6.20. The van der Waals surface area contributed by atoms with Gasteiger partial charge in [-0.25, -0.2) is 4.98 Å². The van der Waals surface area contributed by atoms with Gasteiger partial charge in [0, 0.05) is 11.4 Å². The summed E-state index contributed by atoms with van der Waals surface area (Å²) in [6.45, 7) is 5.53. The number of aromatic nitrogens is 2. The SMILES string of the molecule is C=CCOc1ccc(CN(C)Cc2nc3sc4c(c3c(=O)[nH]2)CCCC4)cc1. The highest BCUT2D eigenvalue weighted by atomic mass is 32.1. The number of thiophene rings is 1.